The number of amides is 1. The topological polar surface area (TPSA) is 107 Å². The van der Waals surface area contributed by atoms with E-state index >= 15 is 0 Å². The normalized spacial score (nSPS) is 10.7. The van der Waals surface area contributed by atoms with Crippen LogP contribution in [0, 0.1) is 6.92 Å². The van der Waals surface area contributed by atoms with Crippen LogP contribution in [0.3, 0.4) is 0 Å². The minimum atomic E-state index is -0.749. The van der Waals surface area contributed by atoms with Crippen molar-refractivity contribution in [1.82, 2.24) is 15.5 Å². The van der Waals surface area contributed by atoms with Gasteiger partial charge in [-0.15, -0.1) is 10.2 Å². The summed E-state index contributed by atoms with van der Waals surface area (Å²) in [6.07, 6.45) is 0. The minimum absolute atomic E-state index is 0.0231. The molecule has 0 aliphatic carbocycles. The van der Waals surface area contributed by atoms with Crippen LogP contribution in [0.5, 0.6) is 5.75 Å². The molecule has 8 heteroatoms. The van der Waals surface area contributed by atoms with Gasteiger partial charge in [0, 0.05) is 12.3 Å². The van der Waals surface area contributed by atoms with E-state index in [0.717, 1.165) is 0 Å². The summed E-state index contributed by atoms with van der Waals surface area (Å²) < 4.78 is 15.5. The quantitative estimate of drug-likeness (QED) is 0.725. The van der Waals surface area contributed by atoms with E-state index in [9.17, 15) is 9.59 Å². The highest BCUT2D eigenvalue weighted by Crippen LogP contribution is 2.24. The second-order valence-electron chi connectivity index (χ2n) is 4.72. The van der Waals surface area contributed by atoms with E-state index in [2.05, 4.69) is 15.5 Å². The molecule has 3 aromatic rings. The molecule has 0 bridgehead atoms. The lowest BCUT2D eigenvalue weighted by atomic mass is 10.1. The zero-order valence-corrected chi connectivity index (χ0v) is 12.5. The summed E-state index contributed by atoms with van der Waals surface area (Å²) in [6.45, 7) is 1.67. The number of nitrogens with zero attached hydrogens (tertiary/aromatic N) is 2. The minimum Gasteiger partial charge on any atom is -0.493 e. The van der Waals surface area contributed by atoms with E-state index in [1.54, 1.807) is 25.1 Å². The molecule has 0 aliphatic rings. The first-order valence-corrected chi connectivity index (χ1v) is 6.76. The molecule has 1 amide bonds. The SMILES string of the molecule is COc1cccc2cc(C(=O)NCc3nnc(C)o3)c(=O)oc12. The Morgan fingerprint density at radius 2 is 2.13 bits per heavy atom. The lowest BCUT2D eigenvalue weighted by Crippen LogP contribution is -2.28. The van der Waals surface area contributed by atoms with Gasteiger partial charge in [-0.05, 0) is 12.1 Å². The van der Waals surface area contributed by atoms with E-state index in [-0.39, 0.29) is 18.0 Å². The summed E-state index contributed by atoms with van der Waals surface area (Å²) in [7, 11) is 1.47. The van der Waals surface area contributed by atoms with Gasteiger partial charge < -0.3 is 18.9 Å². The number of aryl methyl sites for hydroxylation is 1. The number of carbonyl (C=O) groups excluding carboxylic acids is 1. The van der Waals surface area contributed by atoms with Crippen LogP contribution in [-0.2, 0) is 6.54 Å². The van der Waals surface area contributed by atoms with Crippen LogP contribution in [-0.4, -0.2) is 23.2 Å². The highest BCUT2D eigenvalue weighted by molar-refractivity contribution is 5.97. The van der Waals surface area contributed by atoms with Crippen molar-refractivity contribution in [2.75, 3.05) is 7.11 Å². The van der Waals surface area contributed by atoms with Gasteiger partial charge in [-0.2, -0.15) is 0 Å². The molecule has 8 nitrogen and oxygen atoms in total. The van der Waals surface area contributed by atoms with Crippen LogP contribution in [0.15, 0.2) is 37.9 Å². The third kappa shape index (κ3) is 2.91. The summed E-state index contributed by atoms with van der Waals surface area (Å²) in [6, 6.07) is 6.59. The number of nitrogens with one attached hydrogen (secondary N) is 1. The Kier molecular flexibility index (Phi) is 3.80. The standard InChI is InChI=1S/C15H13N3O5/c1-8-17-18-12(22-8)7-16-14(19)10-6-9-4-3-5-11(21-2)13(9)23-15(10)20/h3-6H,7H2,1-2H3,(H,16,19). The zero-order chi connectivity index (χ0) is 16.4. The highest BCUT2D eigenvalue weighted by atomic mass is 16.5. The zero-order valence-electron chi connectivity index (χ0n) is 12.5. The third-order valence-corrected chi connectivity index (χ3v) is 3.16. The van der Waals surface area contributed by atoms with Gasteiger partial charge in [-0.3, -0.25) is 4.79 Å². The lowest BCUT2D eigenvalue weighted by Gasteiger charge is -2.05. The maximum Gasteiger partial charge on any atom is 0.349 e. The monoisotopic (exact) mass is 315 g/mol. The van der Waals surface area contributed by atoms with Crippen molar-refractivity contribution in [2.24, 2.45) is 0 Å². The number of para-hydroxylation sites is 1. The Hall–Kier alpha value is -3.16. The predicted molar refractivity (Wildman–Crippen MR) is 79.2 cm³/mol. The number of rotatable bonds is 4. The average Bonchev–Trinajstić information content (AvgIpc) is 2.97. The van der Waals surface area contributed by atoms with Crippen LogP contribution in [0.2, 0.25) is 0 Å². The molecule has 1 N–H and O–H groups in total. The summed E-state index contributed by atoms with van der Waals surface area (Å²) in [5.41, 5.74) is -0.563. The number of aromatic nitrogens is 2. The van der Waals surface area contributed by atoms with Crippen LogP contribution >= 0.6 is 0 Å². The van der Waals surface area contributed by atoms with Crippen LogP contribution in [0.25, 0.3) is 11.0 Å². The molecule has 2 aromatic heterocycles. The van der Waals surface area contributed by atoms with Crippen molar-refractivity contribution < 1.29 is 18.4 Å². The summed E-state index contributed by atoms with van der Waals surface area (Å²) in [5.74, 6) is 0.487. The largest absolute Gasteiger partial charge is 0.493 e. The van der Waals surface area contributed by atoms with E-state index in [4.69, 9.17) is 13.6 Å². The number of hydrogen-bond donors (Lipinski definition) is 1. The van der Waals surface area contributed by atoms with Gasteiger partial charge in [-0.1, -0.05) is 12.1 Å². The fourth-order valence-corrected chi connectivity index (χ4v) is 2.10. The van der Waals surface area contributed by atoms with E-state index < -0.39 is 11.5 Å². The number of hydrogen-bond acceptors (Lipinski definition) is 7. The maximum absolute atomic E-state index is 12.2. The number of benzene rings is 1. The van der Waals surface area contributed by atoms with Crippen molar-refractivity contribution >= 4 is 16.9 Å². The fraction of sp³-hybridized carbons (Fsp3) is 0.200. The molecule has 0 saturated carbocycles. The third-order valence-electron chi connectivity index (χ3n) is 3.16. The van der Waals surface area contributed by atoms with Gasteiger partial charge in [0.1, 0.15) is 5.56 Å². The molecule has 0 unspecified atom stereocenters. The average molecular weight is 315 g/mol. The molecule has 0 radical (unpaired) electrons. The van der Waals surface area contributed by atoms with Crippen LogP contribution in [0.1, 0.15) is 22.1 Å². The van der Waals surface area contributed by atoms with Gasteiger partial charge in [0.15, 0.2) is 11.3 Å². The Morgan fingerprint density at radius 1 is 1.30 bits per heavy atom. The first-order chi connectivity index (χ1) is 11.1. The molecule has 0 fully saturated rings. The van der Waals surface area contributed by atoms with Crippen molar-refractivity contribution in [3.05, 3.63) is 52.0 Å². The van der Waals surface area contributed by atoms with E-state index in [1.165, 1.54) is 13.2 Å². The van der Waals surface area contributed by atoms with Crippen molar-refractivity contribution in [1.29, 1.82) is 0 Å². The highest BCUT2D eigenvalue weighted by Gasteiger charge is 2.16. The number of ether oxygens (including phenoxy) is 1. The molecule has 0 aliphatic heterocycles. The molecule has 2 heterocycles. The molecule has 0 spiro atoms. The fourth-order valence-electron chi connectivity index (χ4n) is 2.10. The van der Waals surface area contributed by atoms with Gasteiger partial charge in [0.05, 0.1) is 13.7 Å². The Balaban J connectivity index is 1.88. The number of methoxy groups -OCH3 is 1. The van der Waals surface area contributed by atoms with E-state index in [0.29, 0.717) is 22.6 Å². The van der Waals surface area contributed by atoms with Crippen molar-refractivity contribution in [2.45, 2.75) is 13.5 Å². The van der Waals surface area contributed by atoms with Gasteiger partial charge in [0.25, 0.3) is 5.91 Å². The molecule has 23 heavy (non-hydrogen) atoms. The Labute approximate surface area is 130 Å². The molecule has 0 atom stereocenters. The van der Waals surface area contributed by atoms with E-state index in [1.807, 2.05) is 0 Å². The predicted octanol–water partition coefficient (Wildman–Crippen LogP) is 1.42. The first kappa shape index (κ1) is 14.8. The number of fused-ring (bicyclic) bond motifs is 1. The molecule has 118 valence electrons. The second kappa shape index (κ2) is 5.91. The lowest BCUT2D eigenvalue weighted by molar-refractivity contribution is 0.0943. The van der Waals surface area contributed by atoms with Crippen molar-refractivity contribution in [3.63, 3.8) is 0 Å². The van der Waals surface area contributed by atoms with Gasteiger partial charge in [-0.25, -0.2) is 4.79 Å². The second-order valence-corrected chi connectivity index (χ2v) is 4.72. The summed E-state index contributed by atoms with van der Waals surface area (Å²) in [4.78, 5) is 24.2. The Morgan fingerprint density at radius 3 is 2.83 bits per heavy atom. The molecule has 1 aromatic carbocycles. The van der Waals surface area contributed by atoms with Gasteiger partial charge in [0.2, 0.25) is 11.8 Å². The van der Waals surface area contributed by atoms with Gasteiger partial charge >= 0.3 is 5.63 Å². The molecule has 3 rings (SSSR count). The molecular weight excluding hydrogens is 302 g/mol. The number of carbonyl (C=O) groups is 1. The maximum atomic E-state index is 12.2. The van der Waals surface area contributed by atoms with Crippen LogP contribution < -0.4 is 15.7 Å². The van der Waals surface area contributed by atoms with Crippen LogP contribution in [0.4, 0.5) is 0 Å². The molecule has 0 saturated heterocycles. The Bertz CT molecular complexity index is 928. The summed E-state index contributed by atoms with van der Waals surface area (Å²) in [5, 5.41) is 10.5. The smallest absolute Gasteiger partial charge is 0.349 e. The first-order valence-electron chi connectivity index (χ1n) is 6.76. The molecular formula is C15H13N3O5. The summed E-state index contributed by atoms with van der Waals surface area (Å²) >= 11 is 0. The van der Waals surface area contributed by atoms with Crippen molar-refractivity contribution in [3.8, 4) is 5.75 Å².